The van der Waals surface area contributed by atoms with Crippen molar-refractivity contribution < 1.29 is 24.5 Å². The van der Waals surface area contributed by atoms with Crippen LogP contribution in [0.4, 0.5) is 0 Å². The van der Waals surface area contributed by atoms with Crippen molar-refractivity contribution in [3.63, 3.8) is 0 Å². The van der Waals surface area contributed by atoms with Gasteiger partial charge in [0.1, 0.15) is 11.4 Å². The van der Waals surface area contributed by atoms with E-state index in [0.29, 0.717) is 23.1 Å². The van der Waals surface area contributed by atoms with Crippen LogP contribution in [0.15, 0.2) is 40.7 Å². The molecule has 2 aliphatic heterocycles. The highest BCUT2D eigenvalue weighted by molar-refractivity contribution is 5.87. The fraction of sp³-hybridized carbons (Fsp3) is 0.0714. The van der Waals surface area contributed by atoms with Gasteiger partial charge in [-0.25, -0.2) is 14.6 Å². The molecule has 6 nitrogen and oxygen atoms in total. The summed E-state index contributed by atoms with van der Waals surface area (Å²) in [6.45, 7) is 0. The maximum Gasteiger partial charge on any atom is 0.371 e. The maximum atomic E-state index is 10.9. The number of carboxylic acid groups (broad SMARTS) is 2. The number of nitrogens with zero attached hydrogens (tertiary/aromatic N) is 1. The van der Waals surface area contributed by atoms with E-state index in [-0.39, 0.29) is 11.5 Å². The minimum atomic E-state index is -1.15. The van der Waals surface area contributed by atoms with Gasteiger partial charge in [0.05, 0.1) is 5.36 Å². The van der Waals surface area contributed by atoms with Gasteiger partial charge in [0.25, 0.3) is 0 Å². The Morgan fingerprint density at radius 3 is 2.65 bits per heavy atom. The predicted octanol–water partition coefficient (Wildman–Crippen LogP) is -0.0278. The van der Waals surface area contributed by atoms with Crippen LogP contribution in [0.1, 0.15) is 5.56 Å². The number of aliphatic carboxylic acids is 2. The molecule has 3 rings (SSSR count). The highest BCUT2D eigenvalue weighted by Crippen LogP contribution is 2.20. The lowest BCUT2D eigenvalue weighted by Crippen LogP contribution is -2.25. The number of rotatable bonds is 2. The molecule has 6 heteroatoms. The second-order valence-corrected chi connectivity index (χ2v) is 4.30. The highest BCUT2D eigenvalue weighted by atomic mass is 16.5. The molecule has 2 N–H and O–H groups in total. The van der Waals surface area contributed by atoms with Crippen molar-refractivity contribution in [2.24, 2.45) is 4.99 Å². The van der Waals surface area contributed by atoms with Crippen molar-refractivity contribution in [2.45, 2.75) is 6.42 Å². The number of ether oxygens (including phenoxy) is 1. The van der Waals surface area contributed by atoms with Crippen molar-refractivity contribution in [1.29, 1.82) is 0 Å². The Morgan fingerprint density at radius 2 is 1.95 bits per heavy atom. The van der Waals surface area contributed by atoms with Crippen LogP contribution in [0.5, 0.6) is 5.75 Å². The molecule has 0 radical (unpaired) electrons. The molecular formula is C14H9NO5. The molecule has 20 heavy (non-hydrogen) atoms. The van der Waals surface area contributed by atoms with Gasteiger partial charge in [0, 0.05) is 10.8 Å². The van der Waals surface area contributed by atoms with Crippen molar-refractivity contribution in [2.75, 3.05) is 0 Å². The Kier molecular flexibility index (Phi) is 2.64. The van der Waals surface area contributed by atoms with Gasteiger partial charge < -0.3 is 14.9 Å². The molecular weight excluding hydrogens is 262 g/mol. The number of benzene rings is 1. The fourth-order valence-corrected chi connectivity index (χ4v) is 2.12. The van der Waals surface area contributed by atoms with E-state index in [2.05, 4.69) is 4.99 Å². The molecule has 0 atom stereocenters. The molecule has 100 valence electrons. The molecule has 1 aromatic rings. The van der Waals surface area contributed by atoms with Crippen molar-refractivity contribution in [3.8, 4) is 5.75 Å². The van der Waals surface area contributed by atoms with Gasteiger partial charge in [0.2, 0.25) is 5.76 Å². The van der Waals surface area contributed by atoms with Crippen LogP contribution in [0, 0.1) is 0 Å². The second-order valence-electron chi connectivity index (χ2n) is 4.30. The summed E-state index contributed by atoms with van der Waals surface area (Å²) >= 11 is 0. The summed E-state index contributed by atoms with van der Waals surface area (Å²) in [4.78, 5) is 25.9. The summed E-state index contributed by atoms with van der Waals surface area (Å²) in [6.07, 6.45) is 4.85. The summed E-state index contributed by atoms with van der Waals surface area (Å²) < 4.78 is 5.38. The summed E-state index contributed by atoms with van der Waals surface area (Å²) in [5, 5.41) is 19.1. The maximum absolute atomic E-state index is 10.9. The van der Waals surface area contributed by atoms with E-state index in [1.54, 1.807) is 18.2 Å². The van der Waals surface area contributed by atoms with Crippen LogP contribution in [0.25, 0.3) is 6.08 Å². The van der Waals surface area contributed by atoms with Crippen molar-refractivity contribution in [1.82, 2.24) is 0 Å². The second kappa shape index (κ2) is 4.34. The molecule has 0 fully saturated rings. The third-order valence-electron chi connectivity index (χ3n) is 3.06. The predicted molar refractivity (Wildman–Crippen MR) is 67.5 cm³/mol. The molecule has 0 saturated carbocycles. The van der Waals surface area contributed by atoms with E-state index in [1.165, 1.54) is 12.2 Å². The van der Waals surface area contributed by atoms with E-state index in [9.17, 15) is 9.59 Å². The standard InChI is InChI=1S/C14H9NO5/c16-13(17)10-5-3-8-9(15-10)4-1-7-2-6-11(14(18)19)20-12(7)8/h1-2,4-6H,3H2,(H,16,17)(H,18,19). The molecule has 0 aromatic heterocycles. The third-order valence-corrected chi connectivity index (χ3v) is 3.06. The highest BCUT2D eigenvalue weighted by Gasteiger charge is 2.20. The lowest BCUT2D eigenvalue weighted by molar-refractivity contribution is -0.135. The monoisotopic (exact) mass is 271 g/mol. The average Bonchev–Trinajstić information content (AvgIpc) is 2.45. The molecule has 1 aromatic carbocycles. The first-order valence-electron chi connectivity index (χ1n) is 5.83. The van der Waals surface area contributed by atoms with Crippen molar-refractivity contribution in [3.05, 3.63) is 51.9 Å². The van der Waals surface area contributed by atoms with Gasteiger partial charge in [-0.3, -0.25) is 0 Å². The summed E-state index contributed by atoms with van der Waals surface area (Å²) in [6, 6.07) is 3.42. The zero-order valence-corrected chi connectivity index (χ0v) is 10.2. The zero-order valence-electron chi connectivity index (χ0n) is 10.2. The zero-order chi connectivity index (χ0) is 14.3. The van der Waals surface area contributed by atoms with Gasteiger partial charge in [-0.15, -0.1) is 0 Å². The Morgan fingerprint density at radius 1 is 1.15 bits per heavy atom. The number of allylic oxidation sites excluding steroid dienone is 2. The lowest BCUT2D eigenvalue weighted by atomic mass is 10.0. The molecule has 0 bridgehead atoms. The number of hydrogen-bond donors (Lipinski definition) is 2. The summed E-state index contributed by atoms with van der Waals surface area (Å²) in [7, 11) is 0. The van der Waals surface area contributed by atoms with Crippen molar-refractivity contribution >= 4 is 18.0 Å². The third kappa shape index (κ3) is 1.87. The van der Waals surface area contributed by atoms with Gasteiger partial charge >= 0.3 is 11.9 Å². The number of carboxylic acids is 2. The molecule has 0 saturated heterocycles. The number of hydrogen-bond acceptors (Lipinski definition) is 4. The normalized spacial score (nSPS) is 15.4. The summed E-state index contributed by atoms with van der Waals surface area (Å²) in [5.74, 6) is -1.99. The quantitative estimate of drug-likeness (QED) is 0.787. The Balaban J connectivity index is 2.15. The summed E-state index contributed by atoms with van der Waals surface area (Å²) in [5.41, 5.74) is 0.668. The number of carbonyl (C=O) groups is 2. The Hall–Kier alpha value is -2.89. The largest absolute Gasteiger partial charge is 0.477 e. The smallest absolute Gasteiger partial charge is 0.371 e. The van der Waals surface area contributed by atoms with E-state index < -0.39 is 11.9 Å². The van der Waals surface area contributed by atoms with Crippen LogP contribution in [-0.2, 0) is 16.0 Å². The average molecular weight is 271 g/mol. The first-order chi connectivity index (χ1) is 9.56. The number of fused-ring (bicyclic) bond motifs is 3. The molecule has 2 aliphatic rings. The molecule has 0 spiro atoms. The van der Waals surface area contributed by atoms with Gasteiger partial charge in [-0.05, 0) is 36.8 Å². The van der Waals surface area contributed by atoms with E-state index in [1.807, 2.05) is 0 Å². The van der Waals surface area contributed by atoms with E-state index in [0.717, 1.165) is 5.22 Å². The fourth-order valence-electron chi connectivity index (χ4n) is 2.12. The van der Waals surface area contributed by atoms with Crippen LogP contribution in [0.2, 0.25) is 0 Å². The van der Waals surface area contributed by atoms with Crippen LogP contribution >= 0.6 is 0 Å². The minimum absolute atomic E-state index is 0.0220. The SMILES string of the molecule is O=C(O)C1=CCc2c3c(ccc2=N1)=CC=C(C(=O)O)O3. The van der Waals surface area contributed by atoms with E-state index in [4.69, 9.17) is 14.9 Å². The molecule has 0 aliphatic carbocycles. The van der Waals surface area contributed by atoms with Gasteiger partial charge in [-0.1, -0.05) is 0 Å². The van der Waals surface area contributed by atoms with Crippen LogP contribution in [-0.4, -0.2) is 22.2 Å². The van der Waals surface area contributed by atoms with Crippen LogP contribution < -0.4 is 15.3 Å². The minimum Gasteiger partial charge on any atom is -0.477 e. The van der Waals surface area contributed by atoms with Crippen LogP contribution in [0.3, 0.4) is 0 Å². The topological polar surface area (TPSA) is 96.2 Å². The van der Waals surface area contributed by atoms with Gasteiger partial charge in [0.15, 0.2) is 0 Å². The molecule has 0 amide bonds. The van der Waals surface area contributed by atoms with E-state index >= 15 is 0 Å². The first-order valence-corrected chi connectivity index (χ1v) is 5.83. The van der Waals surface area contributed by atoms with Gasteiger partial charge in [-0.2, -0.15) is 0 Å². The molecule has 2 heterocycles. The molecule has 0 unspecified atom stereocenters. The Labute approximate surface area is 112 Å². The lowest BCUT2D eigenvalue weighted by Gasteiger charge is -2.16. The first kappa shape index (κ1) is 12.2. The Bertz CT molecular complexity index is 817.